The van der Waals surface area contributed by atoms with Crippen LogP contribution in [0.3, 0.4) is 0 Å². The molecule has 5 nitrogen and oxygen atoms in total. The lowest BCUT2D eigenvalue weighted by molar-refractivity contribution is -0.142. The number of nitrogens with two attached hydrogens (primary N) is 1. The maximum Gasteiger partial charge on any atom is 0.226 e. The zero-order valence-electron chi connectivity index (χ0n) is 16.4. The first-order valence-electron chi connectivity index (χ1n) is 9.82. The quantitative estimate of drug-likeness (QED) is 0.776. The molecule has 1 aliphatic rings. The van der Waals surface area contributed by atoms with Crippen molar-refractivity contribution in [1.82, 2.24) is 4.90 Å². The Balaban J connectivity index is 2.05. The van der Waals surface area contributed by atoms with Gasteiger partial charge >= 0.3 is 0 Å². The molecule has 0 saturated carbocycles. The lowest BCUT2D eigenvalue weighted by Crippen LogP contribution is -2.52. The van der Waals surface area contributed by atoms with Gasteiger partial charge in [-0.15, -0.1) is 0 Å². The highest BCUT2D eigenvalue weighted by Gasteiger charge is 2.35. The van der Waals surface area contributed by atoms with Crippen LogP contribution in [0.15, 0.2) is 30.3 Å². The molecular weight excluding hydrogens is 326 g/mol. The number of amides is 2. The Morgan fingerprint density at radius 1 is 1.04 bits per heavy atom. The minimum absolute atomic E-state index is 0.101. The molecule has 5 heteroatoms. The predicted octanol–water partition coefficient (Wildman–Crippen LogP) is 2.90. The van der Waals surface area contributed by atoms with Gasteiger partial charge in [-0.3, -0.25) is 9.59 Å². The van der Waals surface area contributed by atoms with Gasteiger partial charge in [-0.2, -0.15) is 0 Å². The zero-order chi connectivity index (χ0) is 19.1. The van der Waals surface area contributed by atoms with Crippen molar-refractivity contribution in [2.75, 3.05) is 31.1 Å². The van der Waals surface area contributed by atoms with Gasteiger partial charge < -0.3 is 15.5 Å². The number of rotatable bonds is 8. The molecule has 1 heterocycles. The Hall–Kier alpha value is -2.04. The molecule has 144 valence electrons. The van der Waals surface area contributed by atoms with E-state index in [-0.39, 0.29) is 23.7 Å². The lowest BCUT2D eigenvalue weighted by Gasteiger charge is -2.39. The van der Waals surface area contributed by atoms with E-state index in [0.717, 1.165) is 19.5 Å². The zero-order valence-corrected chi connectivity index (χ0v) is 16.4. The molecule has 1 aromatic carbocycles. The molecule has 2 unspecified atom stereocenters. The van der Waals surface area contributed by atoms with Crippen molar-refractivity contribution in [2.24, 2.45) is 23.5 Å². The molecule has 2 N–H and O–H groups in total. The smallest absolute Gasteiger partial charge is 0.226 e. The second kappa shape index (κ2) is 9.60. The Labute approximate surface area is 157 Å². The number of primary amides is 1. The van der Waals surface area contributed by atoms with Crippen molar-refractivity contribution in [3.63, 3.8) is 0 Å². The molecule has 0 radical (unpaired) electrons. The largest absolute Gasteiger partial charge is 0.369 e. The van der Waals surface area contributed by atoms with Crippen LogP contribution in [0, 0.1) is 17.8 Å². The molecular formula is C21H33N3O2. The van der Waals surface area contributed by atoms with Crippen molar-refractivity contribution in [3.8, 4) is 0 Å². The van der Waals surface area contributed by atoms with Crippen LogP contribution in [0.25, 0.3) is 0 Å². The Bertz CT molecular complexity index is 580. The van der Waals surface area contributed by atoms with Crippen molar-refractivity contribution in [1.29, 1.82) is 0 Å². The number of anilines is 1. The average molecular weight is 360 g/mol. The molecule has 0 bridgehead atoms. The van der Waals surface area contributed by atoms with E-state index in [1.165, 1.54) is 5.69 Å². The standard InChI is InChI=1S/C21H33N3O2/c1-4-8-18(20(22)25)19(15-16(2)3)21(26)24-13-11-23(12-14-24)17-9-6-5-7-10-17/h5-7,9-10,16,18-19H,4,8,11-15H2,1-3H3,(H2,22,25). The SMILES string of the molecule is CCCC(C(N)=O)C(CC(C)C)C(=O)N1CCN(c2ccccc2)CC1. The molecule has 1 aromatic rings. The first-order chi connectivity index (χ1) is 12.4. The summed E-state index contributed by atoms with van der Waals surface area (Å²) in [6.07, 6.45) is 2.26. The topological polar surface area (TPSA) is 66.6 Å². The van der Waals surface area contributed by atoms with Crippen molar-refractivity contribution >= 4 is 17.5 Å². The van der Waals surface area contributed by atoms with Crippen molar-refractivity contribution < 1.29 is 9.59 Å². The normalized spacial score (nSPS) is 17.2. The maximum atomic E-state index is 13.2. The highest BCUT2D eigenvalue weighted by molar-refractivity contribution is 5.87. The number of hydrogen-bond donors (Lipinski definition) is 1. The van der Waals surface area contributed by atoms with E-state index in [1.54, 1.807) is 0 Å². The number of nitrogens with zero attached hydrogens (tertiary/aromatic N) is 2. The fourth-order valence-electron chi connectivity index (χ4n) is 3.86. The highest BCUT2D eigenvalue weighted by Crippen LogP contribution is 2.27. The highest BCUT2D eigenvalue weighted by atomic mass is 16.2. The molecule has 2 rings (SSSR count). The van der Waals surface area contributed by atoms with Gasteiger partial charge in [0.2, 0.25) is 11.8 Å². The summed E-state index contributed by atoms with van der Waals surface area (Å²) in [6.45, 7) is 9.25. The van der Waals surface area contributed by atoms with Gasteiger partial charge in [0.15, 0.2) is 0 Å². The second-order valence-electron chi connectivity index (χ2n) is 7.68. The molecule has 1 fully saturated rings. The van der Waals surface area contributed by atoms with Crippen LogP contribution in [-0.2, 0) is 9.59 Å². The number of benzene rings is 1. The third kappa shape index (κ3) is 5.23. The molecule has 1 saturated heterocycles. The van der Waals surface area contributed by atoms with Gasteiger partial charge in [0.25, 0.3) is 0 Å². The number of carbonyl (C=O) groups excluding carboxylic acids is 2. The fraction of sp³-hybridized carbons (Fsp3) is 0.619. The summed E-state index contributed by atoms with van der Waals surface area (Å²) in [6, 6.07) is 10.3. The second-order valence-corrected chi connectivity index (χ2v) is 7.68. The van der Waals surface area contributed by atoms with Crippen LogP contribution < -0.4 is 10.6 Å². The molecule has 0 aromatic heterocycles. The van der Waals surface area contributed by atoms with Crippen molar-refractivity contribution in [2.45, 2.75) is 40.0 Å². The van der Waals surface area contributed by atoms with Crippen LogP contribution in [0.4, 0.5) is 5.69 Å². The van der Waals surface area contributed by atoms with E-state index in [2.05, 4.69) is 30.9 Å². The molecule has 1 aliphatic heterocycles. The summed E-state index contributed by atoms with van der Waals surface area (Å²) >= 11 is 0. The van der Waals surface area contributed by atoms with Crippen molar-refractivity contribution in [3.05, 3.63) is 30.3 Å². The number of hydrogen-bond acceptors (Lipinski definition) is 3. The lowest BCUT2D eigenvalue weighted by atomic mass is 9.81. The fourth-order valence-corrected chi connectivity index (χ4v) is 3.86. The van der Waals surface area contributed by atoms with Gasteiger partial charge in [-0.05, 0) is 30.9 Å². The third-order valence-electron chi connectivity index (χ3n) is 5.21. The third-order valence-corrected chi connectivity index (χ3v) is 5.21. The minimum Gasteiger partial charge on any atom is -0.369 e. The molecule has 0 spiro atoms. The molecule has 2 atom stereocenters. The van der Waals surface area contributed by atoms with Crippen LogP contribution in [0.5, 0.6) is 0 Å². The summed E-state index contributed by atoms with van der Waals surface area (Å²) in [5.74, 6) is -0.538. The van der Waals surface area contributed by atoms with E-state index in [0.29, 0.717) is 31.8 Å². The van der Waals surface area contributed by atoms with Gasteiger partial charge in [-0.1, -0.05) is 45.4 Å². The number of piperazine rings is 1. The van der Waals surface area contributed by atoms with E-state index in [9.17, 15) is 9.59 Å². The van der Waals surface area contributed by atoms with Crippen LogP contribution >= 0.6 is 0 Å². The van der Waals surface area contributed by atoms with E-state index < -0.39 is 0 Å². The monoisotopic (exact) mass is 359 g/mol. The molecule has 2 amide bonds. The van der Waals surface area contributed by atoms with Gasteiger partial charge in [-0.25, -0.2) is 0 Å². The summed E-state index contributed by atoms with van der Waals surface area (Å²) in [5.41, 5.74) is 6.84. The summed E-state index contributed by atoms with van der Waals surface area (Å²) < 4.78 is 0. The Morgan fingerprint density at radius 3 is 2.15 bits per heavy atom. The Kier molecular flexibility index (Phi) is 7.49. The average Bonchev–Trinajstić information content (AvgIpc) is 2.64. The summed E-state index contributed by atoms with van der Waals surface area (Å²) in [7, 11) is 0. The van der Waals surface area contributed by atoms with Crippen LogP contribution in [-0.4, -0.2) is 42.9 Å². The maximum absolute atomic E-state index is 13.2. The predicted molar refractivity (Wildman–Crippen MR) is 106 cm³/mol. The molecule has 0 aliphatic carbocycles. The first-order valence-corrected chi connectivity index (χ1v) is 9.82. The van der Waals surface area contributed by atoms with Crippen LogP contribution in [0.1, 0.15) is 40.0 Å². The van der Waals surface area contributed by atoms with Gasteiger partial charge in [0.05, 0.1) is 0 Å². The van der Waals surface area contributed by atoms with E-state index in [4.69, 9.17) is 5.73 Å². The van der Waals surface area contributed by atoms with Gasteiger partial charge in [0.1, 0.15) is 0 Å². The van der Waals surface area contributed by atoms with E-state index in [1.807, 2.05) is 30.0 Å². The first kappa shape index (κ1) is 20.3. The summed E-state index contributed by atoms with van der Waals surface area (Å²) in [5, 5.41) is 0. The van der Waals surface area contributed by atoms with Gasteiger partial charge in [0, 0.05) is 43.7 Å². The number of para-hydroxylation sites is 1. The minimum atomic E-state index is -0.359. The Morgan fingerprint density at radius 2 is 1.65 bits per heavy atom. The van der Waals surface area contributed by atoms with Crippen LogP contribution in [0.2, 0.25) is 0 Å². The van der Waals surface area contributed by atoms with E-state index >= 15 is 0 Å². The molecule has 26 heavy (non-hydrogen) atoms. The summed E-state index contributed by atoms with van der Waals surface area (Å²) in [4.78, 5) is 29.4. The number of carbonyl (C=O) groups is 2.